The number of hydrazine groups is 1. The first-order chi connectivity index (χ1) is 11.0. The fourth-order valence-corrected chi connectivity index (χ4v) is 2.01. The van der Waals surface area contributed by atoms with E-state index in [1.807, 2.05) is 0 Å². The van der Waals surface area contributed by atoms with Crippen LogP contribution in [0.2, 0.25) is 10.0 Å². The van der Waals surface area contributed by atoms with Gasteiger partial charge in [0, 0.05) is 22.2 Å². The molecule has 23 heavy (non-hydrogen) atoms. The van der Waals surface area contributed by atoms with Gasteiger partial charge in [0.25, 0.3) is 11.6 Å². The minimum absolute atomic E-state index is 0.140. The van der Waals surface area contributed by atoms with E-state index in [1.165, 1.54) is 24.3 Å². The number of halogens is 2. The molecule has 0 saturated heterocycles. The number of amides is 1. The van der Waals surface area contributed by atoms with Gasteiger partial charge in [-0.2, -0.15) is 0 Å². The molecule has 0 aliphatic carbocycles. The molecule has 0 spiro atoms. The summed E-state index contributed by atoms with van der Waals surface area (Å²) in [6.45, 7) is 0. The van der Waals surface area contributed by atoms with E-state index in [0.717, 1.165) is 6.20 Å². The molecular weight excluding hydrogens is 343 g/mol. The van der Waals surface area contributed by atoms with Crippen LogP contribution in [0.15, 0.2) is 42.6 Å². The molecule has 1 aromatic carbocycles. The van der Waals surface area contributed by atoms with Crippen LogP contribution in [-0.2, 0) is 4.79 Å². The van der Waals surface area contributed by atoms with Gasteiger partial charge in [-0.25, -0.2) is 4.98 Å². The molecule has 2 aromatic rings. The standard InChI is InChI=1S/C14H10Cl2N4O3/c15-10-3-1-9(12(16)7-10)2-6-14(21)19-18-13-5-4-11(8-17-13)20(22)23/h1-8H,(H,17,18)(H,19,21)/b6-2+. The first kappa shape index (κ1) is 16.7. The first-order valence-electron chi connectivity index (χ1n) is 6.25. The highest BCUT2D eigenvalue weighted by Gasteiger charge is 2.05. The maximum Gasteiger partial charge on any atom is 0.287 e. The van der Waals surface area contributed by atoms with Gasteiger partial charge < -0.3 is 0 Å². The van der Waals surface area contributed by atoms with Gasteiger partial charge in [-0.1, -0.05) is 29.3 Å². The number of anilines is 1. The summed E-state index contributed by atoms with van der Waals surface area (Å²) in [4.78, 5) is 25.4. The van der Waals surface area contributed by atoms with Gasteiger partial charge in [-0.05, 0) is 29.8 Å². The first-order valence-corrected chi connectivity index (χ1v) is 7.01. The van der Waals surface area contributed by atoms with Gasteiger partial charge >= 0.3 is 0 Å². The number of carbonyl (C=O) groups excluding carboxylic acids is 1. The number of hydrogen-bond donors (Lipinski definition) is 2. The van der Waals surface area contributed by atoms with Crippen molar-refractivity contribution < 1.29 is 9.72 Å². The van der Waals surface area contributed by atoms with E-state index in [2.05, 4.69) is 15.8 Å². The topological polar surface area (TPSA) is 97.2 Å². The molecule has 0 radical (unpaired) electrons. The molecule has 1 aromatic heterocycles. The van der Waals surface area contributed by atoms with Crippen molar-refractivity contribution in [1.29, 1.82) is 0 Å². The maximum atomic E-state index is 11.7. The molecule has 2 rings (SSSR count). The van der Waals surface area contributed by atoms with Crippen LogP contribution in [0, 0.1) is 10.1 Å². The average Bonchev–Trinajstić information content (AvgIpc) is 2.52. The van der Waals surface area contributed by atoms with Crippen LogP contribution in [-0.4, -0.2) is 15.8 Å². The summed E-state index contributed by atoms with van der Waals surface area (Å²) in [7, 11) is 0. The number of nitrogens with one attached hydrogen (secondary N) is 2. The SMILES string of the molecule is O=C(/C=C/c1ccc(Cl)cc1Cl)NNc1ccc([N+](=O)[O-])cn1. The van der Waals surface area contributed by atoms with Crippen molar-refractivity contribution in [2.24, 2.45) is 0 Å². The quantitative estimate of drug-likeness (QED) is 0.487. The number of rotatable bonds is 5. The van der Waals surface area contributed by atoms with Crippen LogP contribution in [0.1, 0.15) is 5.56 Å². The van der Waals surface area contributed by atoms with E-state index in [0.29, 0.717) is 15.6 Å². The lowest BCUT2D eigenvalue weighted by atomic mass is 10.2. The number of benzene rings is 1. The highest BCUT2D eigenvalue weighted by atomic mass is 35.5. The predicted octanol–water partition coefficient (Wildman–Crippen LogP) is 3.45. The van der Waals surface area contributed by atoms with Crippen LogP contribution in [0.25, 0.3) is 6.08 Å². The lowest BCUT2D eigenvalue weighted by molar-refractivity contribution is -0.385. The largest absolute Gasteiger partial charge is 0.287 e. The monoisotopic (exact) mass is 352 g/mol. The molecule has 0 bridgehead atoms. The van der Waals surface area contributed by atoms with Crippen molar-refractivity contribution in [3.8, 4) is 0 Å². The van der Waals surface area contributed by atoms with Gasteiger partial charge in [-0.15, -0.1) is 0 Å². The summed E-state index contributed by atoms with van der Waals surface area (Å²) in [5.74, 6) is -0.182. The molecule has 0 atom stereocenters. The normalized spacial score (nSPS) is 10.5. The second kappa shape index (κ2) is 7.57. The minimum Gasteiger partial charge on any atom is -0.282 e. The van der Waals surface area contributed by atoms with Crippen molar-refractivity contribution >= 4 is 46.7 Å². The number of nitrogens with zero attached hydrogens (tertiary/aromatic N) is 2. The fraction of sp³-hybridized carbons (Fsp3) is 0. The fourth-order valence-electron chi connectivity index (χ4n) is 1.54. The Bertz CT molecular complexity index is 763. The Morgan fingerprint density at radius 2 is 2.04 bits per heavy atom. The molecule has 0 saturated carbocycles. The molecule has 9 heteroatoms. The third-order valence-corrected chi connectivity index (χ3v) is 3.21. The van der Waals surface area contributed by atoms with Crippen LogP contribution in [0.5, 0.6) is 0 Å². The molecule has 0 fully saturated rings. The predicted molar refractivity (Wildman–Crippen MR) is 88.2 cm³/mol. The smallest absolute Gasteiger partial charge is 0.282 e. The zero-order valence-corrected chi connectivity index (χ0v) is 13.0. The van der Waals surface area contributed by atoms with Crippen molar-refractivity contribution in [1.82, 2.24) is 10.4 Å². The van der Waals surface area contributed by atoms with E-state index in [4.69, 9.17) is 23.2 Å². The summed E-state index contributed by atoms with van der Waals surface area (Å²) in [6, 6.07) is 7.55. The maximum absolute atomic E-state index is 11.7. The molecule has 2 N–H and O–H groups in total. The summed E-state index contributed by atoms with van der Waals surface area (Å²) in [5.41, 5.74) is 5.40. The molecular formula is C14H10Cl2N4O3. The van der Waals surface area contributed by atoms with Gasteiger partial charge in [0.15, 0.2) is 0 Å². The van der Waals surface area contributed by atoms with Crippen LogP contribution >= 0.6 is 23.2 Å². The van der Waals surface area contributed by atoms with Gasteiger partial charge in [0.05, 0.1) is 4.92 Å². The van der Waals surface area contributed by atoms with Crippen molar-refractivity contribution in [2.45, 2.75) is 0 Å². The lowest BCUT2D eigenvalue weighted by Gasteiger charge is -2.05. The summed E-state index contributed by atoms with van der Waals surface area (Å²) in [5, 5.41) is 11.4. The lowest BCUT2D eigenvalue weighted by Crippen LogP contribution is -2.27. The zero-order chi connectivity index (χ0) is 16.8. The number of nitro groups is 1. The van der Waals surface area contributed by atoms with E-state index >= 15 is 0 Å². The Morgan fingerprint density at radius 1 is 1.26 bits per heavy atom. The number of hydrogen-bond acceptors (Lipinski definition) is 5. The van der Waals surface area contributed by atoms with E-state index in [9.17, 15) is 14.9 Å². The van der Waals surface area contributed by atoms with Crippen molar-refractivity contribution in [3.63, 3.8) is 0 Å². The number of pyridine rings is 1. The van der Waals surface area contributed by atoms with E-state index in [1.54, 1.807) is 18.2 Å². The molecule has 0 unspecified atom stereocenters. The molecule has 1 amide bonds. The Hall–Kier alpha value is -2.64. The Morgan fingerprint density at radius 3 is 2.65 bits per heavy atom. The van der Waals surface area contributed by atoms with Crippen LogP contribution in [0.4, 0.5) is 11.5 Å². The van der Waals surface area contributed by atoms with Gasteiger partial charge in [-0.3, -0.25) is 25.8 Å². The van der Waals surface area contributed by atoms with Crippen LogP contribution < -0.4 is 10.9 Å². The summed E-state index contributed by atoms with van der Waals surface area (Å²) >= 11 is 11.8. The summed E-state index contributed by atoms with van der Waals surface area (Å²) in [6.07, 6.45) is 3.88. The Labute approximate surface area is 141 Å². The zero-order valence-electron chi connectivity index (χ0n) is 11.5. The van der Waals surface area contributed by atoms with Crippen molar-refractivity contribution in [3.05, 3.63) is 68.3 Å². The molecule has 0 aliphatic heterocycles. The molecule has 118 valence electrons. The second-order valence-corrected chi connectivity index (χ2v) is 5.12. The van der Waals surface area contributed by atoms with E-state index in [-0.39, 0.29) is 11.5 Å². The average molecular weight is 353 g/mol. The Balaban J connectivity index is 1.92. The van der Waals surface area contributed by atoms with E-state index < -0.39 is 10.8 Å². The molecule has 7 nitrogen and oxygen atoms in total. The third kappa shape index (κ3) is 4.94. The highest BCUT2D eigenvalue weighted by molar-refractivity contribution is 6.35. The van der Waals surface area contributed by atoms with Crippen molar-refractivity contribution in [2.75, 3.05) is 5.43 Å². The second-order valence-electron chi connectivity index (χ2n) is 4.27. The number of aromatic nitrogens is 1. The highest BCUT2D eigenvalue weighted by Crippen LogP contribution is 2.21. The summed E-state index contributed by atoms with van der Waals surface area (Å²) < 4.78 is 0. The molecule has 0 aliphatic rings. The minimum atomic E-state index is -0.562. The molecule has 1 heterocycles. The number of carbonyl (C=O) groups is 1. The van der Waals surface area contributed by atoms with Crippen LogP contribution in [0.3, 0.4) is 0 Å². The Kier molecular flexibility index (Phi) is 5.51. The third-order valence-electron chi connectivity index (χ3n) is 2.65. The van der Waals surface area contributed by atoms with Gasteiger partial charge in [0.1, 0.15) is 12.0 Å². The van der Waals surface area contributed by atoms with Gasteiger partial charge in [0.2, 0.25) is 0 Å².